The highest BCUT2D eigenvalue weighted by atomic mass is 32.2. The average molecular weight is 559 g/mol. The van der Waals surface area contributed by atoms with Gasteiger partial charge in [-0.2, -0.15) is 0 Å². The zero-order valence-electron chi connectivity index (χ0n) is 24.1. The minimum absolute atomic E-state index is 0.0733. The summed E-state index contributed by atoms with van der Waals surface area (Å²) < 4.78 is 18.8. The quantitative estimate of drug-likeness (QED) is 0.278. The maximum Gasteiger partial charge on any atom is 0.126 e. The SMILES string of the molecule is C=C(C1CC1(F)CC)N(CC12CCC(C3=NC(C4CC4)=NC3)(CC1)C2)c1cccc(C2=CC=C(NSC)CC2)c1. The number of allylic oxidation sites excluding steroid dienone is 5. The standard InChI is InChI=1S/C34H43FN4S/c1-4-34(35)19-29(34)23(2)39(28-7-5-6-26(18-28)24-10-12-27(13-11-24)38-40-3)22-32-14-16-33(21-32,17-15-32)30-20-36-31(37-30)25-8-9-25/h5-7,10,12,18,25,29,38H,2,4,8-9,11,13-17,19-22H2,1,3H3. The molecule has 5 aliphatic carbocycles. The van der Waals surface area contributed by atoms with E-state index in [0.717, 1.165) is 37.5 Å². The average Bonchev–Trinajstić information content (AvgIpc) is 3.79. The third-order valence-electron chi connectivity index (χ3n) is 10.9. The number of nitrogens with one attached hydrogen (secondary N) is 1. The Kier molecular flexibility index (Phi) is 6.56. The number of hydrogen-bond acceptors (Lipinski definition) is 5. The van der Waals surface area contributed by atoms with Gasteiger partial charge < -0.3 is 9.62 Å². The summed E-state index contributed by atoms with van der Waals surface area (Å²) in [5, 5.41) is 0. The molecule has 1 N–H and O–H groups in total. The molecule has 212 valence electrons. The fraction of sp³-hybridized carbons (Fsp3) is 0.588. The first-order valence-corrected chi connectivity index (χ1v) is 16.7. The van der Waals surface area contributed by atoms with Crippen LogP contribution in [0.25, 0.3) is 5.57 Å². The predicted octanol–water partition coefficient (Wildman–Crippen LogP) is 8.29. The summed E-state index contributed by atoms with van der Waals surface area (Å²) in [5.41, 5.74) is 6.78. The van der Waals surface area contributed by atoms with Crippen LogP contribution in [0.1, 0.15) is 83.1 Å². The number of rotatable bonds is 11. The second-order valence-electron chi connectivity index (χ2n) is 13.4. The van der Waals surface area contributed by atoms with E-state index in [1.165, 1.54) is 73.2 Å². The Labute approximate surface area is 243 Å². The minimum atomic E-state index is -1.09. The Hall–Kier alpha value is -2.34. The Bertz CT molecular complexity index is 1330. The van der Waals surface area contributed by atoms with Gasteiger partial charge in [0, 0.05) is 52.8 Å². The fourth-order valence-electron chi connectivity index (χ4n) is 8.09. The minimum Gasteiger partial charge on any atom is -0.345 e. The van der Waals surface area contributed by atoms with E-state index in [1.54, 1.807) is 11.9 Å². The number of fused-ring (bicyclic) bond motifs is 2. The van der Waals surface area contributed by atoms with Crippen molar-refractivity contribution in [2.75, 3.05) is 24.2 Å². The predicted molar refractivity (Wildman–Crippen MR) is 168 cm³/mol. The first-order valence-electron chi connectivity index (χ1n) is 15.4. The van der Waals surface area contributed by atoms with Crippen molar-refractivity contribution in [2.45, 2.75) is 83.2 Å². The maximum absolute atomic E-state index is 15.4. The van der Waals surface area contributed by atoms with Crippen LogP contribution in [0.5, 0.6) is 0 Å². The third-order valence-corrected chi connectivity index (χ3v) is 11.4. The van der Waals surface area contributed by atoms with Gasteiger partial charge in [-0.1, -0.05) is 43.7 Å². The lowest BCUT2D eigenvalue weighted by Gasteiger charge is -2.37. The van der Waals surface area contributed by atoms with Crippen molar-refractivity contribution in [3.63, 3.8) is 0 Å². The molecule has 0 spiro atoms. The lowest BCUT2D eigenvalue weighted by Crippen LogP contribution is -2.36. The molecule has 4 fully saturated rings. The summed E-state index contributed by atoms with van der Waals surface area (Å²) in [6, 6.07) is 8.95. The lowest BCUT2D eigenvalue weighted by molar-refractivity contribution is 0.274. The molecule has 1 aromatic carbocycles. The zero-order valence-corrected chi connectivity index (χ0v) is 25.0. The fourth-order valence-corrected chi connectivity index (χ4v) is 8.52. The van der Waals surface area contributed by atoms with Gasteiger partial charge in [0.1, 0.15) is 11.5 Å². The van der Waals surface area contributed by atoms with E-state index in [4.69, 9.17) is 9.98 Å². The van der Waals surface area contributed by atoms with Crippen molar-refractivity contribution >= 4 is 34.8 Å². The van der Waals surface area contributed by atoms with Gasteiger partial charge in [-0.05, 0) is 105 Å². The van der Waals surface area contributed by atoms with Crippen LogP contribution in [0.2, 0.25) is 0 Å². The molecule has 0 aromatic heterocycles. The number of hydrogen-bond donors (Lipinski definition) is 1. The van der Waals surface area contributed by atoms with Crippen molar-refractivity contribution in [2.24, 2.45) is 32.7 Å². The van der Waals surface area contributed by atoms with Crippen molar-refractivity contribution in [3.05, 3.63) is 60.0 Å². The normalized spacial score (nSPS) is 34.2. The van der Waals surface area contributed by atoms with Crippen LogP contribution in [0.15, 0.2) is 64.4 Å². The Morgan fingerprint density at radius 2 is 2.00 bits per heavy atom. The molecule has 4 saturated carbocycles. The second-order valence-corrected chi connectivity index (χ2v) is 14.0. The number of halogens is 1. The summed E-state index contributed by atoms with van der Waals surface area (Å²) in [5.74, 6) is 1.70. The topological polar surface area (TPSA) is 40.0 Å². The van der Waals surface area contributed by atoms with E-state index in [2.05, 4.69) is 58.9 Å². The number of anilines is 1. The van der Waals surface area contributed by atoms with Gasteiger partial charge in [0.25, 0.3) is 0 Å². The lowest BCUT2D eigenvalue weighted by atomic mass is 9.79. The molecule has 0 saturated heterocycles. The molecule has 1 heterocycles. The number of benzene rings is 1. The first kappa shape index (κ1) is 26.6. The molecule has 6 heteroatoms. The molecule has 40 heavy (non-hydrogen) atoms. The molecule has 1 aromatic rings. The van der Waals surface area contributed by atoms with Crippen LogP contribution in [0.4, 0.5) is 10.1 Å². The van der Waals surface area contributed by atoms with E-state index >= 15 is 4.39 Å². The molecule has 0 amide bonds. The summed E-state index contributed by atoms with van der Waals surface area (Å²) in [6.45, 7) is 8.29. The highest BCUT2D eigenvalue weighted by molar-refractivity contribution is 7.96. The molecule has 2 unspecified atom stereocenters. The molecule has 7 rings (SSSR count). The van der Waals surface area contributed by atoms with Gasteiger partial charge >= 0.3 is 0 Å². The van der Waals surface area contributed by atoms with Crippen molar-refractivity contribution in [1.82, 2.24) is 4.72 Å². The second kappa shape index (κ2) is 9.89. The van der Waals surface area contributed by atoms with Crippen LogP contribution >= 0.6 is 11.9 Å². The number of nitrogens with zero attached hydrogens (tertiary/aromatic N) is 3. The molecule has 6 aliphatic rings. The van der Waals surface area contributed by atoms with E-state index in [1.807, 2.05) is 6.92 Å². The van der Waals surface area contributed by atoms with Crippen LogP contribution in [0, 0.1) is 22.7 Å². The molecule has 4 nitrogen and oxygen atoms in total. The molecule has 2 atom stereocenters. The summed E-state index contributed by atoms with van der Waals surface area (Å²) >= 11 is 1.65. The van der Waals surface area contributed by atoms with Crippen LogP contribution in [0.3, 0.4) is 0 Å². The van der Waals surface area contributed by atoms with Gasteiger partial charge in [-0.3, -0.25) is 4.99 Å². The van der Waals surface area contributed by atoms with Crippen LogP contribution in [-0.2, 0) is 0 Å². The van der Waals surface area contributed by atoms with Crippen molar-refractivity contribution in [3.8, 4) is 0 Å². The Balaban J connectivity index is 1.15. The molecule has 1 aliphatic heterocycles. The van der Waals surface area contributed by atoms with E-state index in [0.29, 0.717) is 18.8 Å². The maximum atomic E-state index is 15.4. The number of alkyl halides is 1. The van der Waals surface area contributed by atoms with Crippen LogP contribution < -0.4 is 9.62 Å². The smallest absolute Gasteiger partial charge is 0.126 e. The molecular formula is C34H43FN4S. The Morgan fingerprint density at radius 1 is 1.18 bits per heavy atom. The highest BCUT2D eigenvalue weighted by Gasteiger charge is 2.60. The summed E-state index contributed by atoms with van der Waals surface area (Å²) in [4.78, 5) is 12.4. The van der Waals surface area contributed by atoms with Gasteiger partial charge in [-0.25, -0.2) is 9.38 Å². The number of amidine groups is 1. The van der Waals surface area contributed by atoms with Gasteiger partial charge in [-0.15, -0.1) is 0 Å². The zero-order chi connectivity index (χ0) is 27.5. The molecular weight excluding hydrogens is 515 g/mol. The van der Waals surface area contributed by atoms with Crippen molar-refractivity contribution < 1.29 is 4.39 Å². The monoisotopic (exact) mass is 558 g/mol. The third kappa shape index (κ3) is 4.68. The Morgan fingerprint density at radius 3 is 2.67 bits per heavy atom. The van der Waals surface area contributed by atoms with Crippen LogP contribution in [-0.4, -0.2) is 36.6 Å². The molecule has 2 bridgehead atoms. The van der Waals surface area contributed by atoms with Crippen molar-refractivity contribution in [1.29, 1.82) is 0 Å². The van der Waals surface area contributed by atoms with E-state index < -0.39 is 5.67 Å². The van der Waals surface area contributed by atoms with E-state index in [-0.39, 0.29) is 16.7 Å². The number of aliphatic imine (C=N–C) groups is 2. The van der Waals surface area contributed by atoms with Gasteiger partial charge in [0.2, 0.25) is 0 Å². The van der Waals surface area contributed by atoms with Gasteiger partial charge in [0.05, 0.1) is 6.54 Å². The summed E-state index contributed by atoms with van der Waals surface area (Å²) in [6.07, 6.45) is 18.3. The molecule has 0 radical (unpaired) electrons. The largest absolute Gasteiger partial charge is 0.345 e. The highest BCUT2D eigenvalue weighted by Crippen LogP contribution is 2.64. The van der Waals surface area contributed by atoms with E-state index in [9.17, 15) is 0 Å². The first-order chi connectivity index (χ1) is 19.4. The summed E-state index contributed by atoms with van der Waals surface area (Å²) in [7, 11) is 0. The van der Waals surface area contributed by atoms with Gasteiger partial charge in [0.15, 0.2) is 0 Å².